The Kier molecular flexibility index (Phi) is 7.65. The third-order valence-electron chi connectivity index (χ3n) is 2.63. The molecule has 0 heterocycles. The predicted molar refractivity (Wildman–Crippen MR) is 90.1 cm³/mol. The van der Waals surface area contributed by atoms with Gasteiger partial charge in [-0.05, 0) is 26.3 Å². The van der Waals surface area contributed by atoms with Gasteiger partial charge < -0.3 is 14.8 Å². The second-order valence-electron chi connectivity index (χ2n) is 6.33. The fourth-order valence-electron chi connectivity index (χ4n) is 1.70. The van der Waals surface area contributed by atoms with Crippen LogP contribution in [0.3, 0.4) is 0 Å². The van der Waals surface area contributed by atoms with E-state index in [1.165, 1.54) is 0 Å². The monoisotopic (exact) mass is 359 g/mol. The summed E-state index contributed by atoms with van der Waals surface area (Å²) < 4.78 is 37.7. The van der Waals surface area contributed by atoms with Gasteiger partial charge in [-0.3, -0.25) is 4.18 Å². The Morgan fingerprint density at radius 3 is 2.33 bits per heavy atom. The van der Waals surface area contributed by atoms with Crippen LogP contribution in [0.25, 0.3) is 0 Å². The first-order valence-corrected chi connectivity index (χ1v) is 9.32. The maximum Gasteiger partial charge on any atom is 0.408 e. The first-order chi connectivity index (χ1) is 11.1. The van der Waals surface area contributed by atoms with Crippen molar-refractivity contribution in [1.29, 1.82) is 0 Å². The second kappa shape index (κ2) is 9.00. The van der Waals surface area contributed by atoms with E-state index in [1.807, 2.05) is 30.3 Å². The minimum atomic E-state index is -3.61. The molecule has 1 amide bonds. The van der Waals surface area contributed by atoms with Crippen molar-refractivity contribution >= 4 is 16.2 Å². The molecule has 0 spiro atoms. The van der Waals surface area contributed by atoms with Crippen LogP contribution in [0.1, 0.15) is 26.3 Å². The molecule has 136 valence electrons. The van der Waals surface area contributed by atoms with Gasteiger partial charge in [0, 0.05) is 0 Å². The van der Waals surface area contributed by atoms with Gasteiger partial charge >= 0.3 is 6.09 Å². The van der Waals surface area contributed by atoms with Crippen LogP contribution in [0.4, 0.5) is 4.79 Å². The number of hydrogen-bond acceptors (Lipinski definition) is 6. The Morgan fingerprint density at radius 2 is 1.79 bits per heavy atom. The third-order valence-corrected chi connectivity index (χ3v) is 3.20. The zero-order chi connectivity index (χ0) is 18.2. The van der Waals surface area contributed by atoms with Crippen LogP contribution in [-0.4, -0.2) is 45.6 Å². The molecule has 0 saturated heterocycles. The molecule has 0 bridgehead atoms. The van der Waals surface area contributed by atoms with Crippen LogP contribution >= 0.6 is 0 Å². The van der Waals surface area contributed by atoms with Gasteiger partial charge in [-0.25, -0.2) is 4.79 Å². The average molecular weight is 359 g/mol. The Morgan fingerprint density at radius 1 is 1.17 bits per heavy atom. The molecule has 1 atom stereocenters. The molecule has 1 aromatic rings. The summed E-state index contributed by atoms with van der Waals surface area (Å²) in [6.07, 6.45) is 0.287. The van der Waals surface area contributed by atoms with Crippen molar-refractivity contribution in [2.24, 2.45) is 0 Å². The van der Waals surface area contributed by atoms with E-state index in [2.05, 4.69) is 5.32 Å². The van der Waals surface area contributed by atoms with Crippen LogP contribution in [0.2, 0.25) is 0 Å². The molecule has 1 aromatic carbocycles. The lowest BCUT2D eigenvalue weighted by molar-refractivity contribution is 0.0384. The van der Waals surface area contributed by atoms with Crippen LogP contribution in [0.5, 0.6) is 0 Å². The van der Waals surface area contributed by atoms with Crippen molar-refractivity contribution < 1.29 is 26.9 Å². The van der Waals surface area contributed by atoms with Crippen molar-refractivity contribution in [2.75, 3.05) is 19.5 Å². The minimum absolute atomic E-state index is 0.0870. The molecule has 7 nitrogen and oxygen atoms in total. The highest BCUT2D eigenvalue weighted by Crippen LogP contribution is 2.07. The number of amides is 1. The third kappa shape index (κ3) is 10.2. The Bertz CT molecular complexity index is 609. The lowest BCUT2D eigenvalue weighted by Gasteiger charge is -2.23. The largest absolute Gasteiger partial charge is 0.444 e. The number of carbonyl (C=O) groups excluding carboxylic acids is 1. The summed E-state index contributed by atoms with van der Waals surface area (Å²) in [6, 6.07) is 8.84. The number of benzene rings is 1. The quantitative estimate of drug-likeness (QED) is 0.715. The van der Waals surface area contributed by atoms with E-state index in [4.69, 9.17) is 13.7 Å². The van der Waals surface area contributed by atoms with E-state index in [-0.39, 0.29) is 13.2 Å². The van der Waals surface area contributed by atoms with Crippen molar-refractivity contribution in [3.05, 3.63) is 35.9 Å². The van der Waals surface area contributed by atoms with E-state index >= 15 is 0 Å². The van der Waals surface area contributed by atoms with Gasteiger partial charge in [-0.1, -0.05) is 30.3 Å². The Hall–Kier alpha value is -1.64. The molecule has 1 N–H and O–H groups in total. The summed E-state index contributed by atoms with van der Waals surface area (Å²) in [5, 5.41) is 2.56. The Labute approximate surface area is 143 Å². The molecule has 24 heavy (non-hydrogen) atoms. The number of nitrogens with one attached hydrogen (secondary N) is 1. The van der Waals surface area contributed by atoms with Gasteiger partial charge in [0.15, 0.2) is 0 Å². The normalized spacial score (nSPS) is 13.3. The molecule has 0 radical (unpaired) electrons. The summed E-state index contributed by atoms with van der Waals surface area (Å²) in [4.78, 5) is 11.8. The van der Waals surface area contributed by atoms with E-state index < -0.39 is 27.9 Å². The van der Waals surface area contributed by atoms with E-state index in [1.54, 1.807) is 20.8 Å². The maximum absolute atomic E-state index is 11.8. The van der Waals surface area contributed by atoms with E-state index in [0.29, 0.717) is 6.61 Å². The van der Waals surface area contributed by atoms with Gasteiger partial charge in [0.05, 0.1) is 32.1 Å². The van der Waals surface area contributed by atoms with Gasteiger partial charge in [0.2, 0.25) is 0 Å². The maximum atomic E-state index is 11.8. The van der Waals surface area contributed by atoms with Crippen molar-refractivity contribution in [1.82, 2.24) is 5.32 Å². The predicted octanol–water partition coefficient (Wildman–Crippen LogP) is 2.07. The number of rotatable bonds is 8. The highest BCUT2D eigenvalue weighted by Gasteiger charge is 2.21. The lowest BCUT2D eigenvalue weighted by Crippen LogP contribution is -2.44. The highest BCUT2D eigenvalue weighted by molar-refractivity contribution is 7.85. The molecular formula is C16H25NO6S. The summed E-state index contributed by atoms with van der Waals surface area (Å²) in [6.45, 7) is 5.41. The first-order valence-electron chi connectivity index (χ1n) is 7.51. The van der Waals surface area contributed by atoms with E-state index in [0.717, 1.165) is 11.8 Å². The molecule has 0 unspecified atom stereocenters. The molecule has 0 aromatic heterocycles. The summed E-state index contributed by atoms with van der Waals surface area (Å²) >= 11 is 0. The summed E-state index contributed by atoms with van der Waals surface area (Å²) in [5.41, 5.74) is 0.314. The standard InChI is InChI=1S/C16H25NO6S/c1-16(2,3)23-15(18)17-14(12-22-24(4,19)20)11-21-10-13-8-6-5-7-9-13/h5-9,14H,10-12H2,1-4H3,(H,17,18)/t14-/m1/s1. The fraction of sp³-hybridized carbons (Fsp3) is 0.562. The topological polar surface area (TPSA) is 90.9 Å². The number of hydrogen-bond donors (Lipinski definition) is 1. The zero-order valence-corrected chi connectivity index (χ0v) is 15.3. The van der Waals surface area contributed by atoms with Gasteiger partial charge in [-0.2, -0.15) is 8.42 Å². The molecule has 0 aliphatic rings. The fourth-order valence-corrected chi connectivity index (χ4v) is 2.12. The van der Waals surface area contributed by atoms with Gasteiger partial charge in [0.1, 0.15) is 5.60 Å². The SMILES string of the molecule is CC(C)(C)OC(=O)N[C@H](COCc1ccccc1)COS(C)(=O)=O. The van der Waals surface area contributed by atoms with Crippen LogP contribution < -0.4 is 5.32 Å². The molecule has 0 aliphatic carbocycles. The first kappa shape index (κ1) is 20.4. The second-order valence-corrected chi connectivity index (χ2v) is 7.98. The van der Waals surface area contributed by atoms with Gasteiger partial charge in [0.25, 0.3) is 10.1 Å². The zero-order valence-electron chi connectivity index (χ0n) is 14.4. The minimum Gasteiger partial charge on any atom is -0.444 e. The summed E-state index contributed by atoms with van der Waals surface area (Å²) in [5.74, 6) is 0. The van der Waals surface area contributed by atoms with Crippen molar-refractivity contribution in [3.8, 4) is 0 Å². The molecule has 0 fully saturated rings. The molecule has 8 heteroatoms. The van der Waals surface area contributed by atoms with Crippen molar-refractivity contribution in [3.63, 3.8) is 0 Å². The summed E-state index contributed by atoms with van der Waals surface area (Å²) in [7, 11) is -3.61. The number of carbonyl (C=O) groups is 1. The number of alkyl carbamates (subject to hydrolysis) is 1. The average Bonchev–Trinajstić information content (AvgIpc) is 2.43. The van der Waals surface area contributed by atoms with Crippen molar-refractivity contribution in [2.45, 2.75) is 39.0 Å². The molecule has 0 aliphatic heterocycles. The van der Waals surface area contributed by atoms with Gasteiger partial charge in [-0.15, -0.1) is 0 Å². The van der Waals surface area contributed by atoms with Crippen LogP contribution in [-0.2, 0) is 30.4 Å². The molecule has 1 rings (SSSR count). The van der Waals surface area contributed by atoms with Crippen LogP contribution in [0.15, 0.2) is 30.3 Å². The Balaban J connectivity index is 2.55. The number of ether oxygens (including phenoxy) is 2. The van der Waals surface area contributed by atoms with E-state index in [9.17, 15) is 13.2 Å². The lowest BCUT2D eigenvalue weighted by atomic mass is 10.2. The van der Waals surface area contributed by atoms with Crippen LogP contribution in [0, 0.1) is 0 Å². The smallest absolute Gasteiger partial charge is 0.408 e. The highest BCUT2D eigenvalue weighted by atomic mass is 32.2. The molecular weight excluding hydrogens is 334 g/mol. The molecule has 0 saturated carbocycles.